The van der Waals surface area contributed by atoms with Crippen LogP contribution in [0, 0.1) is 0 Å². The summed E-state index contributed by atoms with van der Waals surface area (Å²) in [6, 6.07) is 5.75. The number of nitrogens with zero attached hydrogens (tertiary/aromatic N) is 1. The normalized spacial score (nSPS) is 25.8. The van der Waals surface area contributed by atoms with Gasteiger partial charge in [0.15, 0.2) is 0 Å². The van der Waals surface area contributed by atoms with Crippen molar-refractivity contribution >= 4 is 11.3 Å². The van der Waals surface area contributed by atoms with Crippen molar-refractivity contribution in [2.75, 3.05) is 6.54 Å². The summed E-state index contributed by atoms with van der Waals surface area (Å²) in [5.74, 6) is 0. The van der Waals surface area contributed by atoms with Crippen LogP contribution in [0.15, 0.2) is 17.5 Å². The van der Waals surface area contributed by atoms with E-state index in [0.717, 1.165) is 6.42 Å². The Morgan fingerprint density at radius 2 is 2.44 bits per heavy atom. The summed E-state index contributed by atoms with van der Waals surface area (Å²) >= 11 is 1.84. The maximum atomic E-state index is 6.32. The van der Waals surface area contributed by atoms with Crippen LogP contribution in [0.4, 0.5) is 0 Å². The number of thiophene rings is 1. The quantitative estimate of drug-likeness (QED) is 0.873. The summed E-state index contributed by atoms with van der Waals surface area (Å²) in [6.45, 7) is 5.72. The minimum atomic E-state index is 0.263. The van der Waals surface area contributed by atoms with E-state index in [1.807, 2.05) is 11.3 Å². The first-order chi connectivity index (χ1) is 7.74. The molecule has 1 aromatic heterocycles. The van der Waals surface area contributed by atoms with E-state index in [9.17, 15) is 0 Å². The van der Waals surface area contributed by atoms with Crippen molar-refractivity contribution in [3.8, 4) is 0 Å². The molecule has 0 spiro atoms. The van der Waals surface area contributed by atoms with Gasteiger partial charge in [0, 0.05) is 17.0 Å². The van der Waals surface area contributed by atoms with Gasteiger partial charge in [0.1, 0.15) is 0 Å². The van der Waals surface area contributed by atoms with Crippen LogP contribution < -0.4 is 5.73 Å². The van der Waals surface area contributed by atoms with Crippen molar-refractivity contribution in [1.82, 2.24) is 4.90 Å². The fourth-order valence-corrected chi connectivity index (χ4v) is 3.59. The molecule has 2 rings (SSSR count). The van der Waals surface area contributed by atoms with E-state index in [2.05, 4.69) is 36.3 Å². The van der Waals surface area contributed by atoms with Crippen molar-refractivity contribution in [2.45, 2.75) is 51.2 Å². The second kappa shape index (κ2) is 5.30. The lowest BCUT2D eigenvalue weighted by molar-refractivity contribution is 0.166. The van der Waals surface area contributed by atoms with Gasteiger partial charge in [-0.15, -0.1) is 11.3 Å². The van der Waals surface area contributed by atoms with Crippen LogP contribution in [0.5, 0.6) is 0 Å². The molecule has 2 heterocycles. The van der Waals surface area contributed by atoms with E-state index in [1.54, 1.807) is 0 Å². The molecule has 0 saturated carbocycles. The molecule has 0 aliphatic carbocycles. The maximum Gasteiger partial charge on any atom is 0.0595 e. The lowest BCUT2D eigenvalue weighted by atomic mass is 10.0. The molecule has 1 aromatic rings. The zero-order chi connectivity index (χ0) is 11.5. The van der Waals surface area contributed by atoms with Gasteiger partial charge in [-0.2, -0.15) is 0 Å². The van der Waals surface area contributed by atoms with Gasteiger partial charge in [-0.05, 0) is 44.2 Å². The average Bonchev–Trinajstić information content (AvgIpc) is 2.92. The molecule has 16 heavy (non-hydrogen) atoms. The molecule has 3 atom stereocenters. The Morgan fingerprint density at radius 1 is 1.62 bits per heavy atom. The molecule has 0 aromatic carbocycles. The number of hydrogen-bond acceptors (Lipinski definition) is 3. The molecule has 0 bridgehead atoms. The second-order valence-electron chi connectivity index (χ2n) is 4.76. The maximum absolute atomic E-state index is 6.32. The summed E-state index contributed by atoms with van der Waals surface area (Å²) < 4.78 is 0. The van der Waals surface area contributed by atoms with Gasteiger partial charge in [0.05, 0.1) is 6.04 Å². The van der Waals surface area contributed by atoms with Gasteiger partial charge in [-0.3, -0.25) is 4.90 Å². The smallest absolute Gasteiger partial charge is 0.0595 e. The van der Waals surface area contributed by atoms with E-state index in [-0.39, 0.29) is 6.04 Å². The summed E-state index contributed by atoms with van der Waals surface area (Å²) in [5, 5.41) is 2.16. The summed E-state index contributed by atoms with van der Waals surface area (Å²) in [6.07, 6.45) is 3.68. The Morgan fingerprint density at radius 3 is 2.94 bits per heavy atom. The first-order valence-electron chi connectivity index (χ1n) is 6.28. The summed E-state index contributed by atoms with van der Waals surface area (Å²) in [4.78, 5) is 4.03. The molecule has 1 aliphatic rings. The van der Waals surface area contributed by atoms with Crippen LogP contribution in [-0.4, -0.2) is 23.5 Å². The van der Waals surface area contributed by atoms with Crippen molar-refractivity contribution < 1.29 is 0 Å². The first-order valence-corrected chi connectivity index (χ1v) is 7.16. The van der Waals surface area contributed by atoms with Gasteiger partial charge in [-0.1, -0.05) is 13.0 Å². The minimum absolute atomic E-state index is 0.263. The van der Waals surface area contributed by atoms with Gasteiger partial charge in [0.25, 0.3) is 0 Å². The van der Waals surface area contributed by atoms with E-state index >= 15 is 0 Å². The van der Waals surface area contributed by atoms with Crippen LogP contribution in [-0.2, 0) is 0 Å². The van der Waals surface area contributed by atoms with Crippen LogP contribution in [0.2, 0.25) is 0 Å². The monoisotopic (exact) mass is 238 g/mol. The molecule has 90 valence electrons. The average molecular weight is 238 g/mol. The number of nitrogens with two attached hydrogens (primary N) is 1. The summed E-state index contributed by atoms with van der Waals surface area (Å²) in [7, 11) is 0. The van der Waals surface area contributed by atoms with E-state index < -0.39 is 0 Å². The molecule has 1 saturated heterocycles. The topological polar surface area (TPSA) is 29.3 Å². The van der Waals surface area contributed by atoms with Crippen molar-refractivity contribution in [2.24, 2.45) is 5.73 Å². The highest BCUT2D eigenvalue weighted by molar-refractivity contribution is 7.10. The van der Waals surface area contributed by atoms with E-state index in [0.29, 0.717) is 12.1 Å². The lowest BCUT2D eigenvalue weighted by Gasteiger charge is -2.34. The Labute approximate surface area is 102 Å². The molecule has 3 unspecified atom stereocenters. The zero-order valence-electron chi connectivity index (χ0n) is 10.2. The van der Waals surface area contributed by atoms with Crippen molar-refractivity contribution in [1.29, 1.82) is 0 Å². The van der Waals surface area contributed by atoms with Crippen molar-refractivity contribution in [3.63, 3.8) is 0 Å². The number of rotatable bonds is 4. The molecule has 1 fully saturated rings. The molecular weight excluding hydrogens is 216 g/mol. The van der Waals surface area contributed by atoms with Crippen LogP contribution >= 0.6 is 11.3 Å². The fraction of sp³-hybridized carbons (Fsp3) is 0.692. The molecular formula is C13H22N2S. The van der Waals surface area contributed by atoms with Crippen molar-refractivity contribution in [3.05, 3.63) is 22.4 Å². The first kappa shape index (κ1) is 12.1. The Kier molecular flexibility index (Phi) is 4.00. The summed E-state index contributed by atoms with van der Waals surface area (Å²) in [5.41, 5.74) is 6.32. The largest absolute Gasteiger partial charge is 0.326 e. The van der Waals surface area contributed by atoms with Crippen LogP contribution in [0.25, 0.3) is 0 Å². The lowest BCUT2D eigenvalue weighted by Crippen LogP contribution is -2.42. The molecule has 0 amide bonds. The highest BCUT2D eigenvalue weighted by atomic mass is 32.1. The second-order valence-corrected chi connectivity index (χ2v) is 5.74. The van der Waals surface area contributed by atoms with Gasteiger partial charge in [-0.25, -0.2) is 0 Å². The molecule has 2 N–H and O–H groups in total. The van der Waals surface area contributed by atoms with Gasteiger partial charge in [0.2, 0.25) is 0 Å². The van der Waals surface area contributed by atoms with Gasteiger partial charge < -0.3 is 5.73 Å². The standard InChI is InChI=1S/C13H22N2S/c1-3-11(14)13(12-7-5-9-16-12)15-8-4-6-10(15)2/h5,7,9-11,13H,3-4,6,8,14H2,1-2H3. The molecule has 2 nitrogen and oxygen atoms in total. The minimum Gasteiger partial charge on any atom is -0.326 e. The predicted octanol–water partition coefficient (Wildman–Crippen LogP) is 3.01. The van der Waals surface area contributed by atoms with Crippen LogP contribution in [0.1, 0.15) is 44.0 Å². The number of hydrogen-bond donors (Lipinski definition) is 1. The third kappa shape index (κ3) is 2.31. The van der Waals surface area contributed by atoms with Crippen LogP contribution in [0.3, 0.4) is 0 Å². The third-order valence-corrected chi connectivity index (χ3v) is 4.62. The predicted molar refractivity (Wildman–Crippen MR) is 70.7 cm³/mol. The Balaban J connectivity index is 2.21. The Hall–Kier alpha value is -0.380. The molecule has 0 radical (unpaired) electrons. The number of likely N-dealkylation sites (tertiary alicyclic amines) is 1. The molecule has 3 heteroatoms. The fourth-order valence-electron chi connectivity index (χ4n) is 2.67. The third-order valence-electron chi connectivity index (χ3n) is 3.67. The van der Waals surface area contributed by atoms with Gasteiger partial charge >= 0.3 is 0 Å². The molecule has 1 aliphatic heterocycles. The van der Waals surface area contributed by atoms with E-state index in [1.165, 1.54) is 24.3 Å². The SMILES string of the molecule is CCC(N)C(c1cccs1)N1CCCC1C. The van der Waals surface area contributed by atoms with E-state index in [4.69, 9.17) is 5.73 Å². The Bertz CT molecular complexity index is 310. The zero-order valence-corrected chi connectivity index (χ0v) is 11.0. The highest BCUT2D eigenvalue weighted by Crippen LogP contribution is 2.34. The highest BCUT2D eigenvalue weighted by Gasteiger charge is 2.32.